The summed E-state index contributed by atoms with van der Waals surface area (Å²) in [4.78, 5) is 15.0. The van der Waals surface area contributed by atoms with Crippen molar-refractivity contribution in [3.63, 3.8) is 0 Å². The second kappa shape index (κ2) is 5.66. The number of piperazine rings is 1. The van der Waals surface area contributed by atoms with Crippen molar-refractivity contribution in [2.24, 2.45) is 11.1 Å². The second-order valence-corrected chi connectivity index (χ2v) is 6.06. The van der Waals surface area contributed by atoms with Gasteiger partial charge >= 0.3 is 6.18 Å². The van der Waals surface area contributed by atoms with Crippen molar-refractivity contribution in [1.29, 1.82) is 0 Å². The smallest absolute Gasteiger partial charge is 0.339 e. The van der Waals surface area contributed by atoms with Crippen LogP contribution in [0.4, 0.5) is 13.2 Å². The lowest BCUT2D eigenvalue weighted by molar-refractivity contribution is -0.152. The van der Waals surface area contributed by atoms with E-state index in [1.54, 1.807) is 4.90 Å². The first-order valence-corrected chi connectivity index (χ1v) is 6.34. The van der Waals surface area contributed by atoms with Crippen LogP contribution in [0.1, 0.15) is 20.8 Å². The number of amides is 1. The van der Waals surface area contributed by atoms with E-state index in [0.29, 0.717) is 13.1 Å². The predicted octanol–water partition coefficient (Wildman–Crippen LogP) is 1.07. The van der Waals surface area contributed by atoms with Crippen LogP contribution in [0.5, 0.6) is 0 Å². The number of hydrogen-bond acceptors (Lipinski definition) is 3. The Morgan fingerprint density at radius 2 is 1.63 bits per heavy atom. The van der Waals surface area contributed by atoms with E-state index in [0.717, 1.165) is 0 Å². The summed E-state index contributed by atoms with van der Waals surface area (Å²) in [5.41, 5.74) is 5.53. The summed E-state index contributed by atoms with van der Waals surface area (Å²) in [5, 5.41) is 0. The highest BCUT2D eigenvalue weighted by Gasteiger charge is 2.35. The highest BCUT2D eigenvalue weighted by atomic mass is 19.4. The van der Waals surface area contributed by atoms with Crippen molar-refractivity contribution in [3.8, 4) is 0 Å². The van der Waals surface area contributed by atoms with Gasteiger partial charge in [0.1, 0.15) is 0 Å². The molecule has 112 valence electrons. The molecule has 0 saturated carbocycles. The van der Waals surface area contributed by atoms with Crippen LogP contribution in [0, 0.1) is 5.41 Å². The van der Waals surface area contributed by atoms with Crippen LogP contribution >= 0.6 is 0 Å². The monoisotopic (exact) mass is 281 g/mol. The summed E-state index contributed by atoms with van der Waals surface area (Å²) in [7, 11) is 0. The Kier molecular flexibility index (Phi) is 4.84. The second-order valence-electron chi connectivity index (χ2n) is 6.06. The first-order valence-electron chi connectivity index (χ1n) is 6.34. The molecule has 1 atom stereocenters. The van der Waals surface area contributed by atoms with Gasteiger partial charge in [0.15, 0.2) is 0 Å². The molecule has 0 bridgehead atoms. The Morgan fingerprint density at radius 1 is 1.16 bits per heavy atom. The van der Waals surface area contributed by atoms with E-state index in [1.807, 2.05) is 20.8 Å². The van der Waals surface area contributed by atoms with E-state index in [-0.39, 0.29) is 24.4 Å². The van der Waals surface area contributed by atoms with Crippen molar-refractivity contribution >= 4 is 5.91 Å². The number of alkyl halides is 3. The summed E-state index contributed by atoms with van der Waals surface area (Å²) in [6, 6.07) is -0.623. The molecule has 1 aliphatic rings. The van der Waals surface area contributed by atoms with Gasteiger partial charge in [-0.15, -0.1) is 0 Å². The molecule has 4 nitrogen and oxygen atoms in total. The molecule has 1 aliphatic heterocycles. The molecular formula is C12H22F3N3O. The standard InChI is InChI=1S/C12H22F3N3O/c1-11(2,3)9(16)10(19)18-6-4-17(5-7-18)8-12(13,14)15/h9H,4-8,16H2,1-3H3/t9-/m0/s1. The van der Waals surface area contributed by atoms with Crippen LogP contribution in [0.15, 0.2) is 0 Å². The molecule has 0 radical (unpaired) electrons. The van der Waals surface area contributed by atoms with Crippen LogP contribution in [0.3, 0.4) is 0 Å². The van der Waals surface area contributed by atoms with Crippen LogP contribution in [-0.2, 0) is 4.79 Å². The molecule has 0 unspecified atom stereocenters. The number of carbonyl (C=O) groups is 1. The summed E-state index contributed by atoms with van der Waals surface area (Å²) < 4.78 is 36.7. The van der Waals surface area contributed by atoms with Crippen LogP contribution in [-0.4, -0.2) is 60.6 Å². The van der Waals surface area contributed by atoms with Gasteiger partial charge in [-0.1, -0.05) is 20.8 Å². The molecule has 0 spiro atoms. The van der Waals surface area contributed by atoms with E-state index < -0.39 is 18.8 Å². The number of nitrogens with two attached hydrogens (primary N) is 1. The van der Waals surface area contributed by atoms with Gasteiger partial charge in [0.05, 0.1) is 12.6 Å². The molecule has 1 amide bonds. The van der Waals surface area contributed by atoms with Gasteiger partial charge < -0.3 is 10.6 Å². The van der Waals surface area contributed by atoms with Crippen LogP contribution in [0.2, 0.25) is 0 Å². The van der Waals surface area contributed by atoms with Crippen molar-refractivity contribution in [2.75, 3.05) is 32.7 Å². The Bertz CT molecular complexity index is 317. The van der Waals surface area contributed by atoms with Crippen molar-refractivity contribution in [1.82, 2.24) is 9.80 Å². The molecule has 19 heavy (non-hydrogen) atoms. The molecule has 0 aromatic heterocycles. The van der Waals surface area contributed by atoms with Gasteiger partial charge in [-0.2, -0.15) is 13.2 Å². The lowest BCUT2D eigenvalue weighted by Gasteiger charge is -2.38. The van der Waals surface area contributed by atoms with Crippen molar-refractivity contribution in [3.05, 3.63) is 0 Å². The Hall–Kier alpha value is -0.820. The molecule has 7 heteroatoms. The number of hydrogen-bond donors (Lipinski definition) is 1. The highest BCUT2D eigenvalue weighted by Crippen LogP contribution is 2.21. The zero-order chi connectivity index (χ0) is 14.8. The summed E-state index contributed by atoms with van der Waals surface area (Å²) in [6.07, 6.45) is -4.19. The molecule has 1 saturated heterocycles. The minimum Gasteiger partial charge on any atom is -0.339 e. The van der Waals surface area contributed by atoms with Crippen molar-refractivity contribution in [2.45, 2.75) is 33.0 Å². The minimum atomic E-state index is -4.19. The average Bonchev–Trinajstić information content (AvgIpc) is 2.24. The van der Waals surface area contributed by atoms with E-state index in [2.05, 4.69) is 0 Å². The Balaban J connectivity index is 2.48. The zero-order valence-corrected chi connectivity index (χ0v) is 11.6. The van der Waals surface area contributed by atoms with Gasteiger partial charge in [0.25, 0.3) is 0 Å². The first-order chi connectivity index (χ1) is 8.50. The normalized spacial score (nSPS) is 20.5. The van der Waals surface area contributed by atoms with Gasteiger partial charge in [-0.05, 0) is 5.41 Å². The number of carbonyl (C=O) groups excluding carboxylic acids is 1. The SMILES string of the molecule is CC(C)(C)[C@@H](N)C(=O)N1CCN(CC(F)(F)F)CC1. The molecule has 1 fully saturated rings. The maximum absolute atomic E-state index is 12.2. The quantitative estimate of drug-likeness (QED) is 0.823. The van der Waals surface area contributed by atoms with E-state index in [1.165, 1.54) is 4.90 Å². The first kappa shape index (κ1) is 16.2. The molecular weight excluding hydrogens is 259 g/mol. The molecule has 0 aliphatic carbocycles. The summed E-state index contributed by atoms with van der Waals surface area (Å²) in [6.45, 7) is 5.78. The molecule has 1 rings (SSSR count). The largest absolute Gasteiger partial charge is 0.401 e. The van der Waals surface area contributed by atoms with Gasteiger partial charge in [-0.25, -0.2) is 0 Å². The van der Waals surface area contributed by atoms with Gasteiger partial charge in [0.2, 0.25) is 5.91 Å². The molecule has 0 aromatic rings. The third kappa shape index (κ3) is 4.99. The Labute approximate surface area is 111 Å². The summed E-state index contributed by atoms with van der Waals surface area (Å²) in [5.74, 6) is -0.181. The van der Waals surface area contributed by atoms with Gasteiger partial charge in [0, 0.05) is 26.2 Å². The maximum Gasteiger partial charge on any atom is 0.401 e. The highest BCUT2D eigenvalue weighted by molar-refractivity contribution is 5.82. The van der Waals surface area contributed by atoms with E-state index in [4.69, 9.17) is 5.73 Å². The fraction of sp³-hybridized carbons (Fsp3) is 0.917. The number of nitrogens with zero attached hydrogens (tertiary/aromatic N) is 2. The van der Waals surface area contributed by atoms with E-state index >= 15 is 0 Å². The van der Waals surface area contributed by atoms with Crippen molar-refractivity contribution < 1.29 is 18.0 Å². The molecule has 0 aromatic carbocycles. The van der Waals surface area contributed by atoms with Crippen LogP contribution < -0.4 is 5.73 Å². The van der Waals surface area contributed by atoms with Gasteiger partial charge in [-0.3, -0.25) is 9.69 Å². The average molecular weight is 281 g/mol. The van der Waals surface area contributed by atoms with Crippen LogP contribution in [0.25, 0.3) is 0 Å². The maximum atomic E-state index is 12.2. The van der Waals surface area contributed by atoms with E-state index in [9.17, 15) is 18.0 Å². The Morgan fingerprint density at radius 3 is 2.00 bits per heavy atom. The zero-order valence-electron chi connectivity index (χ0n) is 11.6. The topological polar surface area (TPSA) is 49.6 Å². The third-order valence-electron chi connectivity index (χ3n) is 3.29. The minimum absolute atomic E-state index is 0.181. The lowest BCUT2D eigenvalue weighted by Crippen LogP contribution is -2.57. The molecule has 2 N–H and O–H groups in total. The number of rotatable bonds is 2. The molecule has 1 heterocycles. The predicted molar refractivity (Wildman–Crippen MR) is 66.5 cm³/mol. The fourth-order valence-electron chi connectivity index (χ4n) is 1.95. The fourth-order valence-corrected chi connectivity index (χ4v) is 1.95. The number of halogens is 3. The third-order valence-corrected chi connectivity index (χ3v) is 3.29. The lowest BCUT2D eigenvalue weighted by atomic mass is 9.86. The summed E-state index contributed by atoms with van der Waals surface area (Å²) >= 11 is 0.